The molecular formula is C19H28N2O5S. The van der Waals surface area contributed by atoms with Gasteiger partial charge in [0.2, 0.25) is 15.9 Å². The largest absolute Gasteiger partial charge is 0.496 e. The van der Waals surface area contributed by atoms with Gasteiger partial charge in [0.1, 0.15) is 5.75 Å². The van der Waals surface area contributed by atoms with E-state index in [1.165, 1.54) is 4.31 Å². The molecule has 8 heteroatoms. The van der Waals surface area contributed by atoms with Crippen LogP contribution < -0.4 is 10.1 Å². The molecule has 1 N–H and O–H groups in total. The van der Waals surface area contributed by atoms with E-state index in [0.29, 0.717) is 31.7 Å². The van der Waals surface area contributed by atoms with E-state index >= 15 is 0 Å². The Morgan fingerprint density at radius 2 is 2.15 bits per heavy atom. The highest BCUT2D eigenvalue weighted by Crippen LogP contribution is 2.27. The van der Waals surface area contributed by atoms with Gasteiger partial charge in [-0.3, -0.25) is 4.79 Å². The quantitative estimate of drug-likeness (QED) is 0.791. The zero-order valence-corrected chi connectivity index (χ0v) is 16.8. The molecule has 2 aliphatic heterocycles. The van der Waals surface area contributed by atoms with E-state index in [1.54, 1.807) is 25.3 Å². The summed E-state index contributed by atoms with van der Waals surface area (Å²) in [5.41, 5.74) is 0.765. The second-order valence-corrected chi connectivity index (χ2v) is 9.15. The molecule has 2 saturated heterocycles. The van der Waals surface area contributed by atoms with Crippen LogP contribution in [-0.2, 0) is 19.6 Å². The van der Waals surface area contributed by atoms with Crippen molar-refractivity contribution < 1.29 is 22.7 Å². The first-order valence-corrected chi connectivity index (χ1v) is 10.9. The third-order valence-electron chi connectivity index (χ3n) is 5.29. The van der Waals surface area contributed by atoms with E-state index in [9.17, 15) is 13.2 Å². The zero-order chi connectivity index (χ0) is 19.4. The molecule has 7 nitrogen and oxygen atoms in total. The average molecular weight is 397 g/mol. The number of benzene rings is 1. The van der Waals surface area contributed by atoms with E-state index < -0.39 is 10.0 Å². The molecule has 0 aliphatic carbocycles. The molecule has 0 aromatic heterocycles. The van der Waals surface area contributed by atoms with Crippen LogP contribution in [0.15, 0.2) is 23.1 Å². The number of carbonyl (C=O) groups excluding carboxylic acids is 1. The van der Waals surface area contributed by atoms with Crippen LogP contribution in [-0.4, -0.2) is 58.1 Å². The number of rotatable bonds is 6. The van der Waals surface area contributed by atoms with Crippen LogP contribution in [0.1, 0.15) is 31.2 Å². The molecule has 0 bridgehead atoms. The lowest BCUT2D eigenvalue weighted by molar-refractivity contribution is -0.126. The first-order chi connectivity index (χ1) is 12.9. The first kappa shape index (κ1) is 20.1. The maximum absolute atomic E-state index is 13.0. The minimum Gasteiger partial charge on any atom is -0.496 e. The van der Waals surface area contributed by atoms with Crippen molar-refractivity contribution in [3.63, 3.8) is 0 Å². The fraction of sp³-hybridized carbons (Fsp3) is 0.632. The van der Waals surface area contributed by atoms with E-state index in [4.69, 9.17) is 9.47 Å². The van der Waals surface area contributed by atoms with E-state index in [-0.39, 0.29) is 29.4 Å². The monoisotopic (exact) mass is 396 g/mol. The fourth-order valence-corrected chi connectivity index (χ4v) is 5.31. The lowest BCUT2D eigenvalue weighted by Crippen LogP contribution is -2.46. The second-order valence-electron chi connectivity index (χ2n) is 7.21. The Bertz CT molecular complexity index is 774. The van der Waals surface area contributed by atoms with Gasteiger partial charge in [-0.25, -0.2) is 8.42 Å². The predicted molar refractivity (Wildman–Crippen MR) is 101 cm³/mol. The molecule has 0 spiro atoms. The van der Waals surface area contributed by atoms with Gasteiger partial charge in [0.15, 0.2) is 0 Å². The number of hydrogen-bond donors (Lipinski definition) is 1. The number of amides is 1. The van der Waals surface area contributed by atoms with Crippen molar-refractivity contribution in [2.24, 2.45) is 5.92 Å². The van der Waals surface area contributed by atoms with Gasteiger partial charge in [0, 0.05) is 26.2 Å². The van der Waals surface area contributed by atoms with Gasteiger partial charge in [-0.2, -0.15) is 4.31 Å². The molecule has 0 saturated carbocycles. The molecule has 2 aliphatic rings. The van der Waals surface area contributed by atoms with Crippen LogP contribution in [0.5, 0.6) is 5.75 Å². The molecule has 2 fully saturated rings. The Morgan fingerprint density at radius 3 is 2.81 bits per heavy atom. The maximum atomic E-state index is 13.0. The Kier molecular flexibility index (Phi) is 6.39. The minimum atomic E-state index is -3.63. The molecular weight excluding hydrogens is 368 g/mol. The highest BCUT2D eigenvalue weighted by molar-refractivity contribution is 7.89. The Balaban J connectivity index is 1.65. The van der Waals surface area contributed by atoms with Crippen molar-refractivity contribution in [1.82, 2.24) is 9.62 Å². The summed E-state index contributed by atoms with van der Waals surface area (Å²) in [7, 11) is -2.08. The lowest BCUT2D eigenvalue weighted by Gasteiger charge is -2.31. The van der Waals surface area contributed by atoms with Crippen molar-refractivity contribution in [3.05, 3.63) is 23.8 Å². The van der Waals surface area contributed by atoms with Crippen molar-refractivity contribution >= 4 is 15.9 Å². The van der Waals surface area contributed by atoms with Gasteiger partial charge in [-0.1, -0.05) is 0 Å². The summed E-state index contributed by atoms with van der Waals surface area (Å²) >= 11 is 0. The third-order valence-corrected chi connectivity index (χ3v) is 7.15. The number of carbonyl (C=O) groups is 1. The van der Waals surface area contributed by atoms with Crippen LogP contribution in [0.4, 0.5) is 0 Å². The van der Waals surface area contributed by atoms with Gasteiger partial charge >= 0.3 is 0 Å². The molecule has 27 heavy (non-hydrogen) atoms. The molecule has 2 atom stereocenters. The van der Waals surface area contributed by atoms with E-state index in [2.05, 4.69) is 5.32 Å². The molecule has 3 rings (SSSR count). The summed E-state index contributed by atoms with van der Waals surface area (Å²) < 4.78 is 38.2. The normalized spacial score (nSPS) is 23.9. The van der Waals surface area contributed by atoms with Gasteiger partial charge < -0.3 is 14.8 Å². The Labute approximate surface area is 161 Å². The van der Waals surface area contributed by atoms with E-state index in [0.717, 1.165) is 25.0 Å². The number of sulfonamides is 1. The molecule has 1 aromatic carbocycles. The van der Waals surface area contributed by atoms with Gasteiger partial charge in [0.05, 0.1) is 24.0 Å². The van der Waals surface area contributed by atoms with Crippen LogP contribution in [0.2, 0.25) is 0 Å². The fourth-order valence-electron chi connectivity index (χ4n) is 3.70. The number of ether oxygens (including phenoxy) is 2. The summed E-state index contributed by atoms with van der Waals surface area (Å²) in [4.78, 5) is 12.7. The molecule has 2 heterocycles. The molecule has 0 unspecified atom stereocenters. The SMILES string of the molecule is COc1ccc(S(=O)(=O)N2CCC[C@@H](C(=O)NC[C@@H]3CCCO3)C2)cc1C. The van der Waals surface area contributed by atoms with Gasteiger partial charge in [0.25, 0.3) is 0 Å². The average Bonchev–Trinajstić information content (AvgIpc) is 3.19. The maximum Gasteiger partial charge on any atom is 0.243 e. The predicted octanol–water partition coefficient (Wildman–Crippen LogP) is 1.70. The van der Waals surface area contributed by atoms with Gasteiger partial charge in [-0.15, -0.1) is 0 Å². The summed E-state index contributed by atoms with van der Waals surface area (Å²) in [6, 6.07) is 4.84. The van der Waals surface area contributed by atoms with Crippen LogP contribution in [0.25, 0.3) is 0 Å². The first-order valence-electron chi connectivity index (χ1n) is 9.46. The van der Waals surface area contributed by atoms with Crippen molar-refractivity contribution in [2.75, 3.05) is 33.4 Å². The van der Waals surface area contributed by atoms with E-state index in [1.807, 2.05) is 6.92 Å². The van der Waals surface area contributed by atoms with Gasteiger partial charge in [-0.05, 0) is 56.4 Å². The number of methoxy groups -OCH3 is 1. The summed E-state index contributed by atoms with van der Waals surface area (Å²) in [6.45, 7) is 3.71. The second kappa shape index (κ2) is 8.58. The topological polar surface area (TPSA) is 84.9 Å². The standard InChI is InChI=1S/C19H28N2O5S/c1-14-11-17(7-8-18(14)25-2)27(23,24)21-9-3-5-15(13-21)19(22)20-12-16-6-4-10-26-16/h7-8,11,15-16H,3-6,9-10,12-13H2,1-2H3,(H,20,22)/t15-,16+/m1/s1. The Morgan fingerprint density at radius 1 is 1.33 bits per heavy atom. The number of hydrogen-bond acceptors (Lipinski definition) is 5. The highest BCUT2D eigenvalue weighted by atomic mass is 32.2. The number of aryl methyl sites for hydroxylation is 1. The molecule has 150 valence electrons. The van der Waals surface area contributed by atoms with Crippen LogP contribution in [0.3, 0.4) is 0 Å². The summed E-state index contributed by atoms with van der Waals surface area (Å²) in [5, 5.41) is 2.93. The molecule has 1 amide bonds. The third kappa shape index (κ3) is 4.62. The summed E-state index contributed by atoms with van der Waals surface area (Å²) in [5.74, 6) is 0.240. The molecule has 1 aromatic rings. The lowest BCUT2D eigenvalue weighted by atomic mass is 9.99. The minimum absolute atomic E-state index is 0.0830. The highest BCUT2D eigenvalue weighted by Gasteiger charge is 2.33. The number of nitrogens with one attached hydrogen (secondary N) is 1. The van der Waals surface area contributed by atoms with Crippen molar-refractivity contribution in [3.8, 4) is 5.75 Å². The number of piperidine rings is 1. The van der Waals surface area contributed by atoms with Crippen LogP contribution in [0, 0.1) is 12.8 Å². The molecule has 0 radical (unpaired) electrons. The van der Waals surface area contributed by atoms with Crippen molar-refractivity contribution in [1.29, 1.82) is 0 Å². The Hall–Kier alpha value is -1.64. The van der Waals surface area contributed by atoms with Crippen molar-refractivity contribution in [2.45, 2.75) is 43.6 Å². The number of nitrogens with zero attached hydrogens (tertiary/aromatic N) is 1. The zero-order valence-electron chi connectivity index (χ0n) is 15.9. The smallest absolute Gasteiger partial charge is 0.243 e. The summed E-state index contributed by atoms with van der Waals surface area (Å²) in [6.07, 6.45) is 3.44. The van der Waals surface area contributed by atoms with Crippen LogP contribution >= 0.6 is 0 Å².